The fourth-order valence-corrected chi connectivity index (χ4v) is 4.39. The van der Waals surface area contributed by atoms with Crippen LogP contribution in [0, 0.1) is 0 Å². The second kappa shape index (κ2) is 6.10. The first-order chi connectivity index (χ1) is 5.86. The van der Waals surface area contributed by atoms with Crippen molar-refractivity contribution >= 4 is 56.2 Å². The standard InChI is InChI=1S/C8H9NSe3/c10-6-3-8-2-1-4-9(12-8)5-7-11/h1-2,4,6-7H,3,5H2. The zero-order valence-corrected chi connectivity index (χ0v) is 11.6. The van der Waals surface area contributed by atoms with Gasteiger partial charge < -0.3 is 0 Å². The topological polar surface area (TPSA) is 3.24 Å². The molecule has 0 aromatic heterocycles. The molecule has 0 aliphatic carbocycles. The molecule has 0 atom stereocenters. The molecule has 0 spiro atoms. The first-order valence-corrected chi connectivity index (χ1v) is 7.16. The van der Waals surface area contributed by atoms with Crippen LogP contribution in [0.4, 0.5) is 0 Å². The molecule has 0 saturated carbocycles. The zero-order valence-electron chi connectivity index (χ0n) is 6.47. The van der Waals surface area contributed by atoms with Gasteiger partial charge in [-0.3, -0.25) is 0 Å². The van der Waals surface area contributed by atoms with E-state index in [9.17, 15) is 0 Å². The van der Waals surface area contributed by atoms with E-state index < -0.39 is 0 Å². The van der Waals surface area contributed by atoms with E-state index in [4.69, 9.17) is 0 Å². The van der Waals surface area contributed by atoms with Crippen LogP contribution in [0.3, 0.4) is 0 Å². The fraction of sp³-hybridized carbons (Fsp3) is 0.250. The molecule has 0 aromatic carbocycles. The molecule has 0 amide bonds. The summed E-state index contributed by atoms with van der Waals surface area (Å²) in [6.07, 6.45) is 7.56. The molecule has 1 nitrogen and oxygen atoms in total. The van der Waals surface area contributed by atoms with E-state index in [0.29, 0.717) is 15.2 Å². The first kappa shape index (κ1) is 10.7. The summed E-state index contributed by atoms with van der Waals surface area (Å²) >= 11 is 6.33. The van der Waals surface area contributed by atoms with E-state index in [0.717, 1.165) is 13.0 Å². The minimum absolute atomic E-state index is 0.495. The van der Waals surface area contributed by atoms with Gasteiger partial charge >= 0.3 is 95.9 Å². The Hall–Kier alpha value is 0.578. The van der Waals surface area contributed by atoms with Gasteiger partial charge in [0.15, 0.2) is 0 Å². The van der Waals surface area contributed by atoms with Crippen molar-refractivity contribution < 1.29 is 0 Å². The summed E-state index contributed by atoms with van der Waals surface area (Å²) in [4.78, 5) is 4.16. The Kier molecular flexibility index (Phi) is 5.41. The normalized spacial score (nSPS) is 15.7. The van der Waals surface area contributed by atoms with E-state index in [1.807, 2.05) is 0 Å². The van der Waals surface area contributed by atoms with Crippen molar-refractivity contribution in [3.05, 3.63) is 22.8 Å². The minimum atomic E-state index is 0.495. The quantitative estimate of drug-likeness (QED) is 0.623. The van der Waals surface area contributed by atoms with Crippen molar-refractivity contribution in [3.63, 3.8) is 0 Å². The van der Waals surface area contributed by atoms with E-state index in [1.54, 1.807) is 0 Å². The van der Waals surface area contributed by atoms with Crippen LogP contribution in [-0.2, 0) is 0 Å². The van der Waals surface area contributed by atoms with Gasteiger partial charge in [-0.25, -0.2) is 0 Å². The fourth-order valence-electron chi connectivity index (χ4n) is 0.817. The molecule has 0 unspecified atom stereocenters. The summed E-state index contributed by atoms with van der Waals surface area (Å²) in [5.41, 5.74) is 0. The molecule has 0 aromatic rings. The molecule has 0 radical (unpaired) electrons. The Morgan fingerprint density at radius 1 is 1.42 bits per heavy atom. The Morgan fingerprint density at radius 2 is 2.25 bits per heavy atom. The van der Waals surface area contributed by atoms with Crippen molar-refractivity contribution in [2.24, 2.45) is 0 Å². The van der Waals surface area contributed by atoms with Gasteiger partial charge in [0.25, 0.3) is 0 Å². The average Bonchev–Trinajstić information content (AvgIpc) is 2.06. The Labute approximate surface area is 95.4 Å². The van der Waals surface area contributed by atoms with Crippen LogP contribution in [0.25, 0.3) is 0 Å². The third-order valence-corrected chi connectivity index (χ3v) is 4.16. The molecule has 4 heteroatoms. The van der Waals surface area contributed by atoms with Gasteiger partial charge in [0.2, 0.25) is 0 Å². The van der Waals surface area contributed by atoms with Gasteiger partial charge in [0.1, 0.15) is 0 Å². The SMILES string of the molecule is [Se]=CCC1=CC=CN(CC=[Se])[Se]1. The summed E-state index contributed by atoms with van der Waals surface area (Å²) in [5.74, 6) is 0. The number of nitrogens with zero attached hydrogens (tertiary/aromatic N) is 1. The third kappa shape index (κ3) is 3.53. The van der Waals surface area contributed by atoms with E-state index >= 15 is 0 Å². The molecular formula is C8H9NSe3. The second-order valence-electron chi connectivity index (χ2n) is 2.20. The van der Waals surface area contributed by atoms with Gasteiger partial charge in [0, 0.05) is 0 Å². The molecule has 1 heterocycles. The molecule has 12 heavy (non-hydrogen) atoms. The summed E-state index contributed by atoms with van der Waals surface area (Å²) in [6, 6.07) is 0. The summed E-state index contributed by atoms with van der Waals surface area (Å²) in [5, 5.41) is 0. The maximum atomic E-state index is 2.92. The molecule has 1 rings (SSSR count). The number of hydrogen-bond acceptors (Lipinski definition) is 1. The van der Waals surface area contributed by atoms with Gasteiger partial charge in [-0.2, -0.15) is 0 Å². The summed E-state index contributed by atoms with van der Waals surface area (Å²) < 4.78 is 3.85. The van der Waals surface area contributed by atoms with Crippen molar-refractivity contribution in [1.29, 1.82) is 0 Å². The van der Waals surface area contributed by atoms with E-state index in [-0.39, 0.29) is 0 Å². The number of allylic oxidation sites excluding steroid dienone is 3. The van der Waals surface area contributed by atoms with Crippen LogP contribution in [0.15, 0.2) is 22.8 Å². The zero-order chi connectivity index (χ0) is 8.81. The monoisotopic (exact) mass is 359 g/mol. The molecule has 64 valence electrons. The van der Waals surface area contributed by atoms with Crippen molar-refractivity contribution in [3.8, 4) is 0 Å². The molecule has 1 aliphatic heterocycles. The predicted molar refractivity (Wildman–Crippen MR) is 57.9 cm³/mol. The molecule has 0 N–H and O–H groups in total. The van der Waals surface area contributed by atoms with Crippen LogP contribution >= 0.6 is 0 Å². The molecule has 1 aliphatic rings. The average molecular weight is 356 g/mol. The van der Waals surface area contributed by atoms with Crippen LogP contribution in [0.2, 0.25) is 0 Å². The second-order valence-corrected chi connectivity index (χ2v) is 6.07. The summed E-state index contributed by atoms with van der Waals surface area (Å²) in [6.45, 7) is 1.02. The number of hydrogen-bond donors (Lipinski definition) is 0. The Bertz CT molecular complexity index is 232. The van der Waals surface area contributed by atoms with Gasteiger partial charge in [-0.05, 0) is 0 Å². The molecular weight excluding hydrogens is 347 g/mol. The summed E-state index contributed by atoms with van der Waals surface area (Å²) in [7, 11) is 0. The van der Waals surface area contributed by atoms with Crippen LogP contribution in [-0.4, -0.2) is 66.6 Å². The molecule has 0 bridgehead atoms. The van der Waals surface area contributed by atoms with Gasteiger partial charge in [0.05, 0.1) is 0 Å². The maximum absolute atomic E-state index is 2.92. The van der Waals surface area contributed by atoms with Crippen LogP contribution in [0.1, 0.15) is 6.42 Å². The van der Waals surface area contributed by atoms with E-state index in [1.165, 1.54) is 4.47 Å². The van der Waals surface area contributed by atoms with Gasteiger partial charge in [-0.15, -0.1) is 0 Å². The van der Waals surface area contributed by atoms with Crippen molar-refractivity contribution in [2.75, 3.05) is 6.54 Å². The van der Waals surface area contributed by atoms with E-state index in [2.05, 4.69) is 63.3 Å². The van der Waals surface area contributed by atoms with Crippen molar-refractivity contribution in [2.45, 2.75) is 6.42 Å². The van der Waals surface area contributed by atoms with Crippen LogP contribution < -0.4 is 0 Å². The molecule has 0 fully saturated rings. The van der Waals surface area contributed by atoms with Gasteiger partial charge in [-0.1, -0.05) is 0 Å². The predicted octanol–water partition coefficient (Wildman–Crippen LogP) is -0.350. The van der Waals surface area contributed by atoms with Crippen molar-refractivity contribution in [1.82, 2.24) is 3.92 Å². The number of rotatable bonds is 4. The van der Waals surface area contributed by atoms with Crippen LogP contribution in [0.5, 0.6) is 0 Å². The Morgan fingerprint density at radius 3 is 2.92 bits per heavy atom. The Balaban J connectivity index is 2.48. The molecule has 0 saturated heterocycles. The first-order valence-electron chi connectivity index (χ1n) is 3.56. The third-order valence-electron chi connectivity index (χ3n) is 1.31.